The molecule has 0 spiro atoms. The van der Waals surface area contributed by atoms with E-state index in [1.165, 1.54) is 49.0 Å². The van der Waals surface area contributed by atoms with E-state index in [4.69, 9.17) is 18.9 Å². The van der Waals surface area contributed by atoms with Crippen molar-refractivity contribution in [3.63, 3.8) is 0 Å². The molecule has 0 unspecified atom stereocenters. The lowest BCUT2D eigenvalue weighted by molar-refractivity contribution is -0.166. The summed E-state index contributed by atoms with van der Waals surface area (Å²) in [7, 11) is 0. The summed E-state index contributed by atoms with van der Waals surface area (Å²) in [6.07, 6.45) is 0.0598. The number of rotatable bonds is 6. The lowest BCUT2D eigenvalue weighted by Crippen LogP contribution is -2.40. The van der Waals surface area contributed by atoms with Crippen LogP contribution in [0.4, 0.5) is 0 Å². The molecule has 3 aromatic heterocycles. The summed E-state index contributed by atoms with van der Waals surface area (Å²) in [5.41, 5.74) is 0.561. The number of ether oxygens (including phenoxy) is 4. The van der Waals surface area contributed by atoms with Crippen LogP contribution in [-0.2, 0) is 33.3 Å². The van der Waals surface area contributed by atoms with Crippen LogP contribution in [0.25, 0.3) is 17.0 Å². The SMILES string of the molecule is CC(=O)OC[C@H]1O[C@@H](n2cnc3c(-n4cncn4)nnnc32)[C@H](OC(C)=O)[C@@H]1OC(C)=O. The number of carbonyl (C=O) groups is 3. The summed E-state index contributed by atoms with van der Waals surface area (Å²) in [5.74, 6) is -1.54. The summed E-state index contributed by atoms with van der Waals surface area (Å²) in [6, 6.07) is 0. The summed E-state index contributed by atoms with van der Waals surface area (Å²) in [6.45, 7) is 3.41. The Morgan fingerprint density at radius 2 is 1.78 bits per heavy atom. The standard InChI is InChI=1S/C17H18N8O7/c1-8(26)29-4-11-13(30-9(2)27)14(31-10(3)28)17(32-11)24-7-19-12-15(24)21-23-22-16(12)25-6-18-5-20-25/h5-7,11,13-14,17H,4H2,1-3H3/t11-,13-,14-,17-/m1/s1. The van der Waals surface area contributed by atoms with Gasteiger partial charge >= 0.3 is 17.9 Å². The zero-order valence-electron chi connectivity index (χ0n) is 17.2. The second kappa shape index (κ2) is 8.62. The molecule has 3 aromatic rings. The normalized spacial score (nSPS) is 22.6. The van der Waals surface area contributed by atoms with Gasteiger partial charge in [-0.1, -0.05) is 0 Å². The van der Waals surface area contributed by atoms with Crippen molar-refractivity contribution in [1.29, 1.82) is 0 Å². The third-order valence-electron chi connectivity index (χ3n) is 4.51. The molecule has 0 N–H and O–H groups in total. The van der Waals surface area contributed by atoms with Gasteiger partial charge in [0.25, 0.3) is 0 Å². The van der Waals surface area contributed by atoms with Gasteiger partial charge in [0.2, 0.25) is 5.82 Å². The van der Waals surface area contributed by atoms with E-state index in [-0.39, 0.29) is 18.1 Å². The Morgan fingerprint density at radius 1 is 1.03 bits per heavy atom. The van der Waals surface area contributed by atoms with Crippen LogP contribution in [0.2, 0.25) is 0 Å². The molecule has 15 heteroatoms. The van der Waals surface area contributed by atoms with Gasteiger partial charge in [-0.15, -0.1) is 10.2 Å². The van der Waals surface area contributed by atoms with Crippen molar-refractivity contribution in [2.45, 2.75) is 45.3 Å². The number of fused-ring (bicyclic) bond motifs is 1. The second-order valence-corrected chi connectivity index (χ2v) is 6.79. The molecule has 1 aliphatic rings. The molecule has 4 rings (SSSR count). The second-order valence-electron chi connectivity index (χ2n) is 6.79. The van der Waals surface area contributed by atoms with E-state index in [9.17, 15) is 14.4 Å². The van der Waals surface area contributed by atoms with Crippen LogP contribution in [0.5, 0.6) is 0 Å². The fraction of sp³-hybridized carbons (Fsp3) is 0.471. The molecule has 32 heavy (non-hydrogen) atoms. The largest absolute Gasteiger partial charge is 0.463 e. The van der Waals surface area contributed by atoms with Gasteiger partial charge < -0.3 is 18.9 Å². The number of aromatic nitrogens is 8. The number of carbonyl (C=O) groups excluding carboxylic acids is 3. The lowest BCUT2D eigenvalue weighted by Gasteiger charge is -2.23. The molecule has 0 aliphatic carbocycles. The number of hydrogen-bond donors (Lipinski definition) is 0. The van der Waals surface area contributed by atoms with Crippen molar-refractivity contribution in [2.24, 2.45) is 0 Å². The summed E-state index contributed by atoms with van der Waals surface area (Å²) in [4.78, 5) is 43.0. The monoisotopic (exact) mass is 446 g/mol. The topological polar surface area (TPSA) is 175 Å². The predicted octanol–water partition coefficient (Wildman–Crippen LogP) is -0.874. The Bertz CT molecular complexity index is 1150. The zero-order chi connectivity index (χ0) is 22.8. The lowest BCUT2D eigenvalue weighted by atomic mass is 10.1. The first-order valence-corrected chi connectivity index (χ1v) is 9.39. The molecule has 1 aliphatic heterocycles. The Hall–Kier alpha value is -4.01. The van der Waals surface area contributed by atoms with E-state index >= 15 is 0 Å². The van der Waals surface area contributed by atoms with E-state index in [0.29, 0.717) is 5.52 Å². The van der Waals surface area contributed by atoms with Crippen molar-refractivity contribution in [3.05, 3.63) is 19.0 Å². The maximum absolute atomic E-state index is 11.8. The van der Waals surface area contributed by atoms with Crippen molar-refractivity contribution < 1.29 is 33.3 Å². The molecule has 1 fully saturated rings. The summed E-state index contributed by atoms with van der Waals surface area (Å²) in [5, 5.41) is 15.7. The molecule has 15 nitrogen and oxygen atoms in total. The average molecular weight is 446 g/mol. The summed E-state index contributed by atoms with van der Waals surface area (Å²) < 4.78 is 24.6. The summed E-state index contributed by atoms with van der Waals surface area (Å²) >= 11 is 0. The van der Waals surface area contributed by atoms with Gasteiger partial charge in [0.15, 0.2) is 29.6 Å². The highest BCUT2D eigenvalue weighted by molar-refractivity contribution is 5.77. The maximum atomic E-state index is 11.8. The molecule has 0 radical (unpaired) electrons. The number of esters is 3. The smallest absolute Gasteiger partial charge is 0.303 e. The van der Waals surface area contributed by atoms with E-state index in [1.54, 1.807) is 0 Å². The van der Waals surface area contributed by atoms with Crippen LogP contribution in [0.1, 0.15) is 27.0 Å². The van der Waals surface area contributed by atoms with Gasteiger partial charge in [-0.25, -0.2) is 9.97 Å². The average Bonchev–Trinajstić information content (AvgIpc) is 3.46. The molecular weight excluding hydrogens is 428 g/mol. The fourth-order valence-corrected chi connectivity index (χ4v) is 3.34. The van der Waals surface area contributed by atoms with E-state index in [0.717, 1.165) is 0 Å². The van der Waals surface area contributed by atoms with Gasteiger partial charge in [-0.3, -0.25) is 19.0 Å². The van der Waals surface area contributed by atoms with E-state index in [1.807, 2.05) is 0 Å². The molecule has 0 saturated carbocycles. The number of hydrogen-bond acceptors (Lipinski definition) is 13. The van der Waals surface area contributed by atoms with E-state index in [2.05, 4.69) is 30.5 Å². The van der Waals surface area contributed by atoms with Crippen LogP contribution in [0.15, 0.2) is 19.0 Å². The Labute approximate surface area is 179 Å². The highest BCUT2D eigenvalue weighted by Gasteiger charge is 2.51. The highest BCUT2D eigenvalue weighted by Crippen LogP contribution is 2.36. The minimum absolute atomic E-state index is 0.231. The molecule has 0 amide bonds. The van der Waals surface area contributed by atoms with Gasteiger partial charge in [0.05, 0.1) is 6.33 Å². The van der Waals surface area contributed by atoms with Gasteiger partial charge in [0, 0.05) is 20.8 Å². The zero-order valence-corrected chi connectivity index (χ0v) is 17.2. The van der Waals surface area contributed by atoms with Crippen molar-refractivity contribution in [3.8, 4) is 5.82 Å². The third kappa shape index (κ3) is 4.09. The Kier molecular flexibility index (Phi) is 5.72. The van der Waals surface area contributed by atoms with Gasteiger partial charge in [-0.2, -0.15) is 9.78 Å². The maximum Gasteiger partial charge on any atom is 0.303 e. The van der Waals surface area contributed by atoms with Crippen LogP contribution in [0, 0.1) is 0 Å². The molecular formula is C17H18N8O7. The van der Waals surface area contributed by atoms with Crippen LogP contribution < -0.4 is 0 Å². The molecule has 0 bridgehead atoms. The van der Waals surface area contributed by atoms with Crippen LogP contribution in [-0.4, -0.2) is 82.6 Å². The van der Waals surface area contributed by atoms with Crippen molar-refractivity contribution in [1.82, 2.24) is 39.7 Å². The van der Waals surface area contributed by atoms with Gasteiger partial charge in [-0.05, 0) is 5.21 Å². The fourth-order valence-electron chi connectivity index (χ4n) is 3.34. The third-order valence-corrected chi connectivity index (χ3v) is 4.51. The van der Waals surface area contributed by atoms with Gasteiger partial charge in [0.1, 0.15) is 25.4 Å². The Balaban J connectivity index is 1.75. The van der Waals surface area contributed by atoms with E-state index < -0.39 is 42.4 Å². The highest BCUT2D eigenvalue weighted by atomic mass is 16.7. The quantitative estimate of drug-likeness (QED) is 0.337. The van der Waals surface area contributed by atoms with Crippen LogP contribution in [0.3, 0.4) is 0 Å². The molecule has 4 atom stereocenters. The molecule has 0 aromatic carbocycles. The van der Waals surface area contributed by atoms with Crippen molar-refractivity contribution >= 4 is 29.1 Å². The first-order chi connectivity index (χ1) is 15.3. The van der Waals surface area contributed by atoms with Crippen molar-refractivity contribution in [2.75, 3.05) is 6.61 Å². The first kappa shape index (κ1) is 21.2. The minimum atomic E-state index is -1.08. The molecule has 1 saturated heterocycles. The predicted molar refractivity (Wildman–Crippen MR) is 99.7 cm³/mol. The minimum Gasteiger partial charge on any atom is -0.463 e. The molecule has 4 heterocycles. The number of imidazole rings is 1. The van der Waals surface area contributed by atoms with Crippen LogP contribution >= 0.6 is 0 Å². The number of nitrogens with zero attached hydrogens (tertiary/aromatic N) is 8. The first-order valence-electron chi connectivity index (χ1n) is 9.39. The molecule has 168 valence electrons. The Morgan fingerprint density at radius 3 is 2.44 bits per heavy atom.